The third-order valence-electron chi connectivity index (χ3n) is 3.76. The fourth-order valence-corrected chi connectivity index (χ4v) is 2.61. The van der Waals surface area contributed by atoms with Gasteiger partial charge in [-0.2, -0.15) is 0 Å². The molecule has 22 heavy (non-hydrogen) atoms. The van der Waals surface area contributed by atoms with Gasteiger partial charge in [-0.15, -0.1) is 0 Å². The molecule has 1 fully saturated rings. The first-order chi connectivity index (χ1) is 10.6. The predicted molar refractivity (Wildman–Crippen MR) is 78.6 cm³/mol. The summed E-state index contributed by atoms with van der Waals surface area (Å²) in [6, 6.07) is 8.80. The molecule has 0 radical (unpaired) electrons. The Labute approximate surface area is 130 Å². The molecule has 0 spiro atoms. The minimum absolute atomic E-state index is 0.381. The standard InChI is InChI=1S/C16H22O6/c1-10-12(22-15(17)11-8-6-5-7-9-11)13(18-2)14(19-3)16(20-4)21-10/h5-10,12-14,16H,1-4H3/t10-,12-,13+,14-,16+/m1/s1. The summed E-state index contributed by atoms with van der Waals surface area (Å²) in [6.45, 7) is 1.81. The van der Waals surface area contributed by atoms with Crippen molar-refractivity contribution in [3.63, 3.8) is 0 Å². The molecule has 122 valence electrons. The number of hydrogen-bond donors (Lipinski definition) is 0. The predicted octanol–water partition coefficient (Wildman–Crippen LogP) is 1.63. The zero-order chi connectivity index (χ0) is 16.1. The second kappa shape index (κ2) is 7.69. The van der Waals surface area contributed by atoms with Crippen LogP contribution in [-0.4, -0.2) is 58.0 Å². The zero-order valence-electron chi connectivity index (χ0n) is 13.2. The van der Waals surface area contributed by atoms with Gasteiger partial charge in [-0.1, -0.05) is 18.2 Å². The van der Waals surface area contributed by atoms with Gasteiger partial charge in [0.05, 0.1) is 11.7 Å². The summed E-state index contributed by atoms with van der Waals surface area (Å²) in [4.78, 5) is 12.3. The second-order valence-corrected chi connectivity index (χ2v) is 5.08. The van der Waals surface area contributed by atoms with E-state index in [4.69, 9.17) is 23.7 Å². The van der Waals surface area contributed by atoms with Gasteiger partial charge in [0.2, 0.25) is 0 Å². The minimum Gasteiger partial charge on any atom is -0.453 e. The Morgan fingerprint density at radius 1 is 0.955 bits per heavy atom. The maximum absolute atomic E-state index is 12.3. The van der Waals surface area contributed by atoms with E-state index in [0.717, 1.165) is 0 Å². The average molecular weight is 310 g/mol. The Morgan fingerprint density at radius 3 is 2.14 bits per heavy atom. The van der Waals surface area contributed by atoms with Crippen LogP contribution in [-0.2, 0) is 23.7 Å². The first-order valence-corrected chi connectivity index (χ1v) is 7.12. The number of esters is 1. The monoisotopic (exact) mass is 310 g/mol. The van der Waals surface area contributed by atoms with Crippen molar-refractivity contribution in [1.82, 2.24) is 0 Å². The van der Waals surface area contributed by atoms with Crippen LogP contribution in [0.15, 0.2) is 30.3 Å². The van der Waals surface area contributed by atoms with Crippen LogP contribution in [0.5, 0.6) is 0 Å². The molecule has 0 bridgehead atoms. The average Bonchev–Trinajstić information content (AvgIpc) is 2.56. The summed E-state index contributed by atoms with van der Waals surface area (Å²) < 4.78 is 27.5. The van der Waals surface area contributed by atoms with Crippen LogP contribution in [0.2, 0.25) is 0 Å². The van der Waals surface area contributed by atoms with Crippen molar-refractivity contribution in [2.24, 2.45) is 0 Å². The summed E-state index contributed by atoms with van der Waals surface area (Å²) in [6.07, 6.45) is -2.51. The highest BCUT2D eigenvalue weighted by Crippen LogP contribution is 2.28. The van der Waals surface area contributed by atoms with E-state index in [2.05, 4.69) is 0 Å². The van der Waals surface area contributed by atoms with Crippen LogP contribution in [0, 0.1) is 0 Å². The van der Waals surface area contributed by atoms with Crippen LogP contribution in [0.1, 0.15) is 17.3 Å². The maximum Gasteiger partial charge on any atom is 0.338 e. The number of carbonyl (C=O) groups excluding carboxylic acids is 1. The molecule has 2 rings (SSSR count). The summed E-state index contributed by atoms with van der Waals surface area (Å²) in [5, 5.41) is 0. The molecule has 1 aliphatic heterocycles. The Kier molecular flexibility index (Phi) is 5.90. The van der Waals surface area contributed by atoms with Gasteiger partial charge in [0.15, 0.2) is 12.4 Å². The van der Waals surface area contributed by atoms with Gasteiger partial charge in [-0.3, -0.25) is 0 Å². The van der Waals surface area contributed by atoms with Crippen LogP contribution in [0.4, 0.5) is 0 Å². The molecule has 0 amide bonds. The van der Waals surface area contributed by atoms with Crippen molar-refractivity contribution in [2.75, 3.05) is 21.3 Å². The maximum atomic E-state index is 12.3. The van der Waals surface area contributed by atoms with Crippen molar-refractivity contribution in [2.45, 2.75) is 37.6 Å². The molecule has 1 saturated heterocycles. The van der Waals surface area contributed by atoms with Gasteiger partial charge in [-0.25, -0.2) is 4.79 Å². The SMILES string of the molecule is CO[C@H]1O[C@H](C)[C@@H](OC(=O)c2ccccc2)[C@H](OC)[C@H]1OC. The van der Waals surface area contributed by atoms with Crippen molar-refractivity contribution in [1.29, 1.82) is 0 Å². The first kappa shape index (κ1) is 16.9. The molecule has 0 unspecified atom stereocenters. The van der Waals surface area contributed by atoms with E-state index in [1.54, 1.807) is 31.4 Å². The molecule has 0 aromatic heterocycles. The fourth-order valence-electron chi connectivity index (χ4n) is 2.61. The molecule has 6 heteroatoms. The number of methoxy groups -OCH3 is 3. The van der Waals surface area contributed by atoms with Gasteiger partial charge < -0.3 is 23.7 Å². The summed E-state index contributed by atoms with van der Waals surface area (Å²) in [7, 11) is 4.62. The number of benzene rings is 1. The third-order valence-corrected chi connectivity index (χ3v) is 3.76. The molecule has 0 aliphatic carbocycles. The Hall–Kier alpha value is -1.47. The summed E-state index contributed by atoms with van der Waals surface area (Å²) in [5.41, 5.74) is 0.479. The van der Waals surface area contributed by atoms with Gasteiger partial charge >= 0.3 is 5.97 Å². The topological polar surface area (TPSA) is 63.2 Å². The van der Waals surface area contributed by atoms with Crippen molar-refractivity contribution < 1.29 is 28.5 Å². The van der Waals surface area contributed by atoms with E-state index < -0.39 is 30.6 Å². The van der Waals surface area contributed by atoms with E-state index >= 15 is 0 Å². The van der Waals surface area contributed by atoms with Crippen molar-refractivity contribution in [3.8, 4) is 0 Å². The van der Waals surface area contributed by atoms with E-state index in [-0.39, 0.29) is 6.10 Å². The molecular formula is C16H22O6. The van der Waals surface area contributed by atoms with Crippen molar-refractivity contribution >= 4 is 5.97 Å². The molecule has 6 nitrogen and oxygen atoms in total. The molecule has 1 aliphatic rings. The van der Waals surface area contributed by atoms with E-state index in [0.29, 0.717) is 5.56 Å². The Balaban J connectivity index is 2.15. The molecule has 5 atom stereocenters. The smallest absolute Gasteiger partial charge is 0.338 e. The normalized spacial score (nSPS) is 31.7. The third kappa shape index (κ3) is 3.47. The van der Waals surface area contributed by atoms with Crippen LogP contribution in [0.25, 0.3) is 0 Å². The molecule has 1 aromatic carbocycles. The number of ether oxygens (including phenoxy) is 5. The Morgan fingerprint density at radius 2 is 1.59 bits per heavy atom. The molecular weight excluding hydrogens is 288 g/mol. The summed E-state index contributed by atoms with van der Waals surface area (Å²) >= 11 is 0. The second-order valence-electron chi connectivity index (χ2n) is 5.08. The van der Waals surface area contributed by atoms with Gasteiger partial charge in [0.1, 0.15) is 12.2 Å². The quantitative estimate of drug-likeness (QED) is 0.770. The van der Waals surface area contributed by atoms with Gasteiger partial charge in [0, 0.05) is 21.3 Å². The number of carbonyl (C=O) groups is 1. The lowest BCUT2D eigenvalue weighted by molar-refractivity contribution is -0.294. The summed E-state index contributed by atoms with van der Waals surface area (Å²) in [5.74, 6) is -0.422. The van der Waals surface area contributed by atoms with E-state index in [9.17, 15) is 4.79 Å². The molecule has 1 aromatic rings. The molecule has 1 heterocycles. The van der Waals surface area contributed by atoms with Crippen LogP contribution >= 0.6 is 0 Å². The molecule has 0 saturated carbocycles. The van der Waals surface area contributed by atoms with Gasteiger partial charge in [-0.05, 0) is 19.1 Å². The largest absolute Gasteiger partial charge is 0.453 e. The zero-order valence-corrected chi connectivity index (χ0v) is 13.2. The number of rotatable bonds is 5. The lowest BCUT2D eigenvalue weighted by Crippen LogP contribution is -2.59. The first-order valence-electron chi connectivity index (χ1n) is 7.12. The minimum atomic E-state index is -0.589. The molecule has 0 N–H and O–H groups in total. The lowest BCUT2D eigenvalue weighted by Gasteiger charge is -2.43. The van der Waals surface area contributed by atoms with E-state index in [1.807, 2.05) is 13.0 Å². The van der Waals surface area contributed by atoms with E-state index in [1.165, 1.54) is 14.2 Å². The highest BCUT2D eigenvalue weighted by atomic mass is 16.7. The van der Waals surface area contributed by atoms with Crippen LogP contribution in [0.3, 0.4) is 0 Å². The Bertz CT molecular complexity index is 477. The van der Waals surface area contributed by atoms with Crippen LogP contribution < -0.4 is 0 Å². The highest BCUT2D eigenvalue weighted by molar-refractivity contribution is 5.89. The number of hydrogen-bond acceptors (Lipinski definition) is 6. The fraction of sp³-hybridized carbons (Fsp3) is 0.562. The lowest BCUT2D eigenvalue weighted by atomic mass is 9.99. The van der Waals surface area contributed by atoms with Crippen molar-refractivity contribution in [3.05, 3.63) is 35.9 Å². The van der Waals surface area contributed by atoms with Gasteiger partial charge in [0.25, 0.3) is 0 Å². The highest BCUT2D eigenvalue weighted by Gasteiger charge is 2.47.